The Balaban J connectivity index is 1.53. The Hall–Kier alpha value is -1.01. The second-order valence-corrected chi connectivity index (χ2v) is 11.7. The average Bonchev–Trinajstić information content (AvgIpc) is 2.75. The minimum absolute atomic E-state index is 0.128. The lowest BCUT2D eigenvalue weighted by atomic mass is 9.96. The molecule has 3 rings (SSSR count). The van der Waals surface area contributed by atoms with E-state index in [1.54, 1.807) is 25.1 Å². The maximum absolute atomic E-state index is 13.0. The molecule has 1 aliphatic heterocycles. The lowest BCUT2D eigenvalue weighted by Gasteiger charge is -2.36. The highest BCUT2D eigenvalue weighted by Gasteiger charge is 2.33. The van der Waals surface area contributed by atoms with Crippen molar-refractivity contribution in [1.29, 1.82) is 0 Å². The van der Waals surface area contributed by atoms with Gasteiger partial charge in [-0.2, -0.15) is 4.31 Å². The van der Waals surface area contributed by atoms with E-state index in [1.165, 1.54) is 10.7 Å². The van der Waals surface area contributed by atoms with Crippen LogP contribution in [0.5, 0.6) is 0 Å². The van der Waals surface area contributed by atoms with Crippen LogP contribution in [0.1, 0.15) is 39.0 Å². The first-order chi connectivity index (χ1) is 14.7. The number of hydrogen-bond acceptors (Lipinski definition) is 5. The SMILES string of the molecule is C[C@@H](C(=O)NC(=O)NC1CCCCC1)N1CCN(S(=O)(=O)c2cc(Br)ccc2Br)CC1. The number of piperazine rings is 1. The largest absolute Gasteiger partial charge is 0.335 e. The van der Waals surface area contributed by atoms with Crippen molar-refractivity contribution in [2.45, 2.75) is 56.0 Å². The summed E-state index contributed by atoms with van der Waals surface area (Å²) in [6.45, 7) is 3.09. The van der Waals surface area contributed by atoms with Crippen LogP contribution in [0.15, 0.2) is 32.0 Å². The van der Waals surface area contributed by atoms with Gasteiger partial charge in [-0.25, -0.2) is 13.2 Å². The summed E-state index contributed by atoms with van der Waals surface area (Å²) < 4.78 is 28.7. The Morgan fingerprint density at radius 2 is 1.71 bits per heavy atom. The fourth-order valence-corrected chi connectivity index (χ4v) is 6.88. The molecule has 0 radical (unpaired) electrons. The molecule has 1 saturated heterocycles. The smallest absolute Gasteiger partial charge is 0.321 e. The second kappa shape index (κ2) is 10.7. The summed E-state index contributed by atoms with van der Waals surface area (Å²) in [5.41, 5.74) is 0. The van der Waals surface area contributed by atoms with E-state index in [9.17, 15) is 18.0 Å². The van der Waals surface area contributed by atoms with Crippen molar-refractivity contribution in [3.8, 4) is 0 Å². The van der Waals surface area contributed by atoms with Crippen LogP contribution in [0.25, 0.3) is 0 Å². The van der Waals surface area contributed by atoms with Crippen molar-refractivity contribution >= 4 is 53.8 Å². The third-order valence-corrected chi connectivity index (χ3v) is 9.27. The number of rotatable bonds is 5. The van der Waals surface area contributed by atoms with Crippen molar-refractivity contribution in [1.82, 2.24) is 19.8 Å². The summed E-state index contributed by atoms with van der Waals surface area (Å²) in [6.07, 6.45) is 5.28. The van der Waals surface area contributed by atoms with Crippen LogP contribution in [0.3, 0.4) is 0 Å². The molecule has 2 N–H and O–H groups in total. The van der Waals surface area contributed by atoms with Gasteiger partial charge in [-0.15, -0.1) is 0 Å². The van der Waals surface area contributed by atoms with E-state index in [0.717, 1.165) is 25.7 Å². The quantitative estimate of drug-likeness (QED) is 0.558. The number of benzene rings is 1. The van der Waals surface area contributed by atoms with Crippen LogP contribution in [0.2, 0.25) is 0 Å². The zero-order valence-corrected chi connectivity index (χ0v) is 21.4. The summed E-state index contributed by atoms with van der Waals surface area (Å²) in [5, 5.41) is 5.31. The normalized spacial score (nSPS) is 20.2. The van der Waals surface area contributed by atoms with Gasteiger partial charge in [-0.3, -0.25) is 15.0 Å². The number of amides is 3. The van der Waals surface area contributed by atoms with E-state index >= 15 is 0 Å². The number of halogens is 2. The van der Waals surface area contributed by atoms with Crippen molar-refractivity contribution in [3.63, 3.8) is 0 Å². The van der Waals surface area contributed by atoms with Gasteiger partial charge < -0.3 is 5.32 Å². The van der Waals surface area contributed by atoms with Crippen molar-refractivity contribution in [2.24, 2.45) is 0 Å². The Morgan fingerprint density at radius 3 is 2.35 bits per heavy atom. The van der Waals surface area contributed by atoms with Gasteiger partial charge in [0.15, 0.2) is 0 Å². The van der Waals surface area contributed by atoms with Crippen LogP contribution in [0, 0.1) is 0 Å². The highest BCUT2D eigenvalue weighted by molar-refractivity contribution is 9.11. The number of carbonyl (C=O) groups is 2. The minimum Gasteiger partial charge on any atom is -0.335 e. The molecular formula is C20H28Br2N4O4S. The van der Waals surface area contributed by atoms with E-state index in [0.29, 0.717) is 22.0 Å². The van der Waals surface area contributed by atoms with Gasteiger partial charge in [-0.1, -0.05) is 35.2 Å². The standard InChI is InChI=1S/C20H28Br2N4O4S/c1-14(19(27)24-20(28)23-16-5-3-2-4-6-16)25-9-11-26(12-10-25)31(29,30)18-13-15(21)7-8-17(18)22/h7-8,13-14,16H,2-6,9-12H2,1H3,(H2,23,24,27,28)/t14-/m0/s1. The summed E-state index contributed by atoms with van der Waals surface area (Å²) in [6, 6.07) is 4.18. The van der Waals surface area contributed by atoms with E-state index in [4.69, 9.17) is 0 Å². The number of urea groups is 1. The molecule has 2 aliphatic rings. The number of hydrogen-bond donors (Lipinski definition) is 2. The van der Waals surface area contributed by atoms with Crippen molar-refractivity contribution < 1.29 is 18.0 Å². The van der Waals surface area contributed by atoms with E-state index in [1.807, 2.05) is 4.90 Å². The summed E-state index contributed by atoms with van der Waals surface area (Å²) in [7, 11) is -3.65. The number of nitrogens with one attached hydrogen (secondary N) is 2. The van der Waals surface area contributed by atoms with Gasteiger partial charge in [0, 0.05) is 41.2 Å². The molecule has 1 aromatic rings. The number of nitrogens with zero attached hydrogens (tertiary/aromatic N) is 2. The maximum atomic E-state index is 13.0. The molecule has 1 heterocycles. The lowest BCUT2D eigenvalue weighted by Crippen LogP contribution is -2.56. The first kappa shape index (κ1) is 24.6. The minimum atomic E-state index is -3.65. The van der Waals surface area contributed by atoms with Gasteiger partial charge in [0.2, 0.25) is 15.9 Å². The molecule has 0 unspecified atom stereocenters. The predicted octanol–water partition coefficient (Wildman–Crippen LogP) is 3.06. The Labute approximate surface area is 200 Å². The zero-order chi connectivity index (χ0) is 22.6. The summed E-state index contributed by atoms with van der Waals surface area (Å²) in [5.74, 6) is -0.376. The van der Waals surface area contributed by atoms with Crippen molar-refractivity contribution in [3.05, 3.63) is 27.1 Å². The fraction of sp³-hybridized carbons (Fsp3) is 0.600. The van der Waals surface area contributed by atoms with Gasteiger partial charge in [0.1, 0.15) is 0 Å². The third kappa shape index (κ3) is 6.28. The average molecular weight is 580 g/mol. The zero-order valence-electron chi connectivity index (χ0n) is 17.4. The molecule has 172 valence electrons. The second-order valence-electron chi connectivity index (χ2n) is 7.99. The molecule has 8 nitrogen and oxygen atoms in total. The van der Waals surface area contributed by atoms with Gasteiger partial charge in [0.05, 0.1) is 10.9 Å². The van der Waals surface area contributed by atoms with E-state index < -0.39 is 22.1 Å². The molecule has 11 heteroatoms. The first-order valence-electron chi connectivity index (χ1n) is 10.5. The molecule has 1 aliphatic carbocycles. The topological polar surface area (TPSA) is 98.8 Å². The predicted molar refractivity (Wildman–Crippen MR) is 125 cm³/mol. The van der Waals surface area contributed by atoms with Gasteiger partial charge in [-0.05, 0) is 53.9 Å². The molecule has 1 atom stereocenters. The van der Waals surface area contributed by atoms with E-state index in [-0.39, 0.29) is 29.9 Å². The maximum Gasteiger partial charge on any atom is 0.321 e. The molecule has 0 spiro atoms. The molecule has 1 aromatic carbocycles. The molecule has 1 saturated carbocycles. The van der Waals surface area contributed by atoms with Gasteiger partial charge in [0.25, 0.3) is 0 Å². The van der Waals surface area contributed by atoms with Crippen molar-refractivity contribution in [2.75, 3.05) is 26.2 Å². The van der Waals surface area contributed by atoms with Gasteiger partial charge >= 0.3 is 6.03 Å². The molecule has 0 bridgehead atoms. The number of carbonyl (C=O) groups excluding carboxylic acids is 2. The van der Waals surface area contributed by atoms with Crippen LogP contribution >= 0.6 is 31.9 Å². The number of imide groups is 1. The van der Waals surface area contributed by atoms with Crippen LogP contribution in [-0.4, -0.2) is 67.8 Å². The molecular weight excluding hydrogens is 552 g/mol. The Morgan fingerprint density at radius 1 is 1.06 bits per heavy atom. The molecule has 3 amide bonds. The summed E-state index contributed by atoms with van der Waals surface area (Å²) >= 11 is 6.64. The fourth-order valence-electron chi connectivity index (χ4n) is 4.00. The van der Waals surface area contributed by atoms with Crippen LogP contribution in [-0.2, 0) is 14.8 Å². The van der Waals surface area contributed by atoms with Crippen LogP contribution < -0.4 is 10.6 Å². The van der Waals surface area contributed by atoms with Crippen LogP contribution in [0.4, 0.5) is 4.79 Å². The monoisotopic (exact) mass is 578 g/mol. The number of sulfonamides is 1. The molecule has 0 aromatic heterocycles. The first-order valence-corrected chi connectivity index (χ1v) is 13.5. The third-order valence-electron chi connectivity index (χ3n) is 5.89. The summed E-state index contributed by atoms with van der Waals surface area (Å²) in [4.78, 5) is 26.8. The lowest BCUT2D eigenvalue weighted by molar-refractivity contribution is -0.125. The highest BCUT2D eigenvalue weighted by Crippen LogP contribution is 2.29. The molecule has 31 heavy (non-hydrogen) atoms. The Kier molecular flexibility index (Phi) is 8.53. The highest BCUT2D eigenvalue weighted by atomic mass is 79.9. The molecule has 2 fully saturated rings. The van der Waals surface area contributed by atoms with E-state index in [2.05, 4.69) is 42.5 Å². The Bertz CT molecular complexity index is 914.